The van der Waals surface area contributed by atoms with Gasteiger partial charge in [0.15, 0.2) is 6.61 Å². The molecule has 2 amide bonds. The fourth-order valence-corrected chi connectivity index (χ4v) is 3.94. The topological polar surface area (TPSA) is 75.7 Å². The third-order valence-electron chi connectivity index (χ3n) is 4.58. The molecular formula is C22H24N2O4S. The Balaban J connectivity index is 1.42. The first kappa shape index (κ1) is 20.9. The molecule has 6 nitrogen and oxygen atoms in total. The first-order chi connectivity index (χ1) is 13.9. The van der Waals surface area contributed by atoms with Crippen molar-refractivity contribution in [3.8, 4) is 0 Å². The zero-order chi connectivity index (χ0) is 20.8. The van der Waals surface area contributed by atoms with E-state index in [1.54, 1.807) is 29.2 Å². The van der Waals surface area contributed by atoms with Crippen molar-refractivity contribution < 1.29 is 19.1 Å². The minimum atomic E-state index is -0.437. The minimum absolute atomic E-state index is 0.118. The molecule has 1 heterocycles. The lowest BCUT2D eigenvalue weighted by molar-refractivity contribution is -0.144. The average Bonchev–Trinajstić information content (AvgIpc) is 3.12. The number of carbonyl (C=O) groups excluding carboxylic acids is 3. The number of ether oxygens (including phenoxy) is 1. The lowest BCUT2D eigenvalue weighted by Crippen LogP contribution is -2.24. The van der Waals surface area contributed by atoms with Crippen LogP contribution in [0.1, 0.15) is 24.0 Å². The minimum Gasteiger partial charge on any atom is -0.455 e. The zero-order valence-electron chi connectivity index (χ0n) is 16.6. The highest BCUT2D eigenvalue weighted by molar-refractivity contribution is 8.00. The maximum absolute atomic E-state index is 12.0. The van der Waals surface area contributed by atoms with E-state index in [-0.39, 0.29) is 18.3 Å². The van der Waals surface area contributed by atoms with Crippen molar-refractivity contribution >= 4 is 40.9 Å². The van der Waals surface area contributed by atoms with Crippen molar-refractivity contribution in [3.05, 3.63) is 53.6 Å². The van der Waals surface area contributed by atoms with Crippen LogP contribution in [-0.4, -0.2) is 36.7 Å². The Bertz CT molecular complexity index is 912. The molecule has 0 spiro atoms. The number of amides is 2. The highest BCUT2D eigenvalue weighted by Gasteiger charge is 2.21. The van der Waals surface area contributed by atoms with Gasteiger partial charge in [0.2, 0.25) is 5.91 Å². The summed E-state index contributed by atoms with van der Waals surface area (Å²) in [5.41, 5.74) is 3.69. The third kappa shape index (κ3) is 5.84. The summed E-state index contributed by atoms with van der Waals surface area (Å²) in [5, 5.41) is 2.69. The van der Waals surface area contributed by atoms with Gasteiger partial charge in [-0.3, -0.25) is 14.4 Å². The van der Waals surface area contributed by atoms with E-state index < -0.39 is 11.9 Å². The molecule has 0 saturated carbocycles. The summed E-state index contributed by atoms with van der Waals surface area (Å²) in [7, 11) is 0. The van der Waals surface area contributed by atoms with Crippen molar-refractivity contribution in [2.75, 3.05) is 29.1 Å². The Labute approximate surface area is 174 Å². The maximum Gasteiger partial charge on any atom is 0.316 e. The maximum atomic E-state index is 12.0. The van der Waals surface area contributed by atoms with E-state index in [4.69, 9.17) is 4.74 Å². The molecule has 1 N–H and O–H groups in total. The van der Waals surface area contributed by atoms with E-state index >= 15 is 0 Å². The number of hydrogen-bond donors (Lipinski definition) is 1. The lowest BCUT2D eigenvalue weighted by Gasteiger charge is -2.16. The molecule has 0 aromatic heterocycles. The number of aryl methyl sites for hydroxylation is 2. The van der Waals surface area contributed by atoms with Gasteiger partial charge in [-0.1, -0.05) is 17.7 Å². The molecule has 29 heavy (non-hydrogen) atoms. The molecule has 0 aliphatic carbocycles. The van der Waals surface area contributed by atoms with Crippen molar-refractivity contribution in [1.29, 1.82) is 0 Å². The molecule has 1 aliphatic rings. The van der Waals surface area contributed by atoms with Gasteiger partial charge in [-0.2, -0.15) is 0 Å². The molecule has 152 valence electrons. The lowest BCUT2D eigenvalue weighted by atomic mass is 10.2. The molecule has 0 atom stereocenters. The van der Waals surface area contributed by atoms with Gasteiger partial charge in [0, 0.05) is 29.2 Å². The van der Waals surface area contributed by atoms with Crippen LogP contribution >= 0.6 is 11.8 Å². The molecule has 0 bridgehead atoms. The quantitative estimate of drug-likeness (QED) is 0.554. The van der Waals surface area contributed by atoms with Gasteiger partial charge in [-0.25, -0.2) is 0 Å². The summed E-state index contributed by atoms with van der Waals surface area (Å²) in [4.78, 5) is 38.5. The normalized spacial score (nSPS) is 13.4. The summed E-state index contributed by atoms with van der Waals surface area (Å²) in [6.45, 7) is 4.41. The van der Waals surface area contributed by atoms with Crippen molar-refractivity contribution in [3.63, 3.8) is 0 Å². The van der Waals surface area contributed by atoms with Gasteiger partial charge < -0.3 is 15.0 Å². The summed E-state index contributed by atoms with van der Waals surface area (Å²) >= 11 is 1.39. The van der Waals surface area contributed by atoms with Crippen LogP contribution in [-0.2, 0) is 19.1 Å². The predicted molar refractivity (Wildman–Crippen MR) is 114 cm³/mol. The SMILES string of the molecule is Cc1ccc(SCC(=O)OCC(=O)Nc2ccc(N3CCCC3=O)cc2)c(C)c1. The smallest absolute Gasteiger partial charge is 0.316 e. The molecule has 7 heteroatoms. The van der Waals surface area contributed by atoms with Crippen LogP contribution in [0.4, 0.5) is 11.4 Å². The summed E-state index contributed by atoms with van der Waals surface area (Å²) in [6, 6.07) is 13.1. The number of hydrogen-bond acceptors (Lipinski definition) is 5. The number of rotatable bonds is 7. The molecular weight excluding hydrogens is 388 g/mol. The Morgan fingerprint density at radius 3 is 2.55 bits per heavy atom. The molecule has 2 aromatic rings. The fraction of sp³-hybridized carbons (Fsp3) is 0.318. The largest absolute Gasteiger partial charge is 0.455 e. The van der Waals surface area contributed by atoms with Crippen LogP contribution in [0.25, 0.3) is 0 Å². The van der Waals surface area contributed by atoms with Crippen molar-refractivity contribution in [2.45, 2.75) is 31.6 Å². The molecule has 2 aromatic carbocycles. The molecule has 0 unspecified atom stereocenters. The van der Waals surface area contributed by atoms with E-state index in [0.717, 1.165) is 29.1 Å². The first-order valence-electron chi connectivity index (χ1n) is 9.48. The van der Waals surface area contributed by atoms with E-state index in [2.05, 4.69) is 11.4 Å². The second-order valence-electron chi connectivity index (χ2n) is 6.96. The second kappa shape index (κ2) is 9.60. The van der Waals surface area contributed by atoms with Crippen LogP contribution in [0.15, 0.2) is 47.4 Å². The molecule has 3 rings (SSSR count). The molecule has 1 fully saturated rings. The summed E-state index contributed by atoms with van der Waals surface area (Å²) < 4.78 is 5.06. The Morgan fingerprint density at radius 2 is 1.90 bits per heavy atom. The van der Waals surface area contributed by atoms with Crippen LogP contribution in [0, 0.1) is 13.8 Å². The van der Waals surface area contributed by atoms with Gasteiger partial charge in [-0.05, 0) is 56.2 Å². The first-order valence-corrected chi connectivity index (χ1v) is 10.5. The number of benzene rings is 2. The van der Waals surface area contributed by atoms with Gasteiger partial charge >= 0.3 is 5.97 Å². The number of thioether (sulfide) groups is 1. The number of esters is 1. The zero-order valence-corrected chi connectivity index (χ0v) is 17.4. The number of nitrogens with one attached hydrogen (secondary N) is 1. The Hall–Kier alpha value is -2.80. The number of carbonyl (C=O) groups is 3. The van der Waals surface area contributed by atoms with Crippen LogP contribution in [0.2, 0.25) is 0 Å². The fourth-order valence-electron chi connectivity index (χ4n) is 3.13. The van der Waals surface area contributed by atoms with Crippen molar-refractivity contribution in [2.24, 2.45) is 0 Å². The predicted octanol–water partition coefficient (Wildman–Crippen LogP) is 3.70. The van der Waals surface area contributed by atoms with E-state index in [9.17, 15) is 14.4 Å². The summed E-state index contributed by atoms with van der Waals surface area (Å²) in [5.74, 6) is -0.573. The van der Waals surface area contributed by atoms with E-state index in [0.29, 0.717) is 12.1 Å². The van der Waals surface area contributed by atoms with Crippen LogP contribution in [0.5, 0.6) is 0 Å². The molecule has 1 saturated heterocycles. The molecule has 0 radical (unpaired) electrons. The highest BCUT2D eigenvalue weighted by atomic mass is 32.2. The van der Waals surface area contributed by atoms with Crippen LogP contribution < -0.4 is 10.2 Å². The van der Waals surface area contributed by atoms with Gasteiger partial charge in [0.05, 0.1) is 5.75 Å². The van der Waals surface area contributed by atoms with E-state index in [1.807, 2.05) is 26.0 Å². The number of anilines is 2. The monoisotopic (exact) mass is 412 g/mol. The van der Waals surface area contributed by atoms with E-state index in [1.165, 1.54) is 17.3 Å². The van der Waals surface area contributed by atoms with Crippen molar-refractivity contribution in [1.82, 2.24) is 0 Å². The second-order valence-corrected chi connectivity index (χ2v) is 7.98. The number of nitrogens with zero attached hydrogens (tertiary/aromatic N) is 1. The Morgan fingerprint density at radius 1 is 1.14 bits per heavy atom. The Kier molecular flexibility index (Phi) is 6.93. The third-order valence-corrected chi connectivity index (χ3v) is 5.73. The van der Waals surface area contributed by atoms with Gasteiger partial charge in [0.1, 0.15) is 0 Å². The van der Waals surface area contributed by atoms with Gasteiger partial charge in [0.25, 0.3) is 5.91 Å². The average molecular weight is 413 g/mol. The van der Waals surface area contributed by atoms with Crippen LogP contribution in [0.3, 0.4) is 0 Å². The summed E-state index contributed by atoms with van der Waals surface area (Å²) in [6.07, 6.45) is 1.44. The van der Waals surface area contributed by atoms with Gasteiger partial charge in [-0.15, -0.1) is 11.8 Å². The molecule has 1 aliphatic heterocycles. The standard InChI is InChI=1S/C22H24N2O4S/c1-15-5-10-19(16(2)12-15)29-14-22(27)28-13-20(25)23-17-6-8-18(9-7-17)24-11-3-4-21(24)26/h5-10,12H,3-4,11,13-14H2,1-2H3,(H,23,25). The highest BCUT2D eigenvalue weighted by Crippen LogP contribution is 2.24.